The molecule has 0 radical (unpaired) electrons. The van der Waals surface area contributed by atoms with E-state index in [2.05, 4.69) is 188 Å². The summed E-state index contributed by atoms with van der Waals surface area (Å²) in [6.45, 7) is 0. The van der Waals surface area contributed by atoms with Crippen molar-refractivity contribution in [2.75, 3.05) is 0 Å². The molecule has 0 aliphatic rings. The third-order valence-corrected chi connectivity index (χ3v) is 11.0. The van der Waals surface area contributed by atoms with Gasteiger partial charge in [-0.1, -0.05) is 170 Å². The van der Waals surface area contributed by atoms with Crippen LogP contribution < -0.4 is 0 Å². The maximum Gasteiger partial charge on any atom is 0.0972 e. The van der Waals surface area contributed by atoms with Crippen molar-refractivity contribution in [3.63, 3.8) is 0 Å². The number of pyridine rings is 3. The smallest absolute Gasteiger partial charge is 0.0972 e. The molecular weight excluding hydrogens is 679 g/mol. The fourth-order valence-corrected chi connectivity index (χ4v) is 8.29. The molecule has 0 aliphatic carbocycles. The highest BCUT2D eigenvalue weighted by atomic mass is 14.8. The van der Waals surface area contributed by atoms with Gasteiger partial charge in [0.25, 0.3) is 0 Å². The summed E-state index contributed by atoms with van der Waals surface area (Å²) in [6, 6.07) is 71.0. The van der Waals surface area contributed by atoms with Crippen molar-refractivity contribution in [2.45, 2.75) is 0 Å². The van der Waals surface area contributed by atoms with Crippen LogP contribution >= 0.6 is 0 Å². The van der Waals surface area contributed by atoms with Crippen molar-refractivity contribution < 1.29 is 0 Å². The number of benzene rings is 8. The summed E-state index contributed by atoms with van der Waals surface area (Å²) >= 11 is 0. The first-order valence-electron chi connectivity index (χ1n) is 19.0. The fraction of sp³-hybridized carbons (Fsp3) is 0. The number of hydrogen-bond donors (Lipinski definition) is 0. The zero-order valence-electron chi connectivity index (χ0n) is 30.4. The second-order valence-corrected chi connectivity index (χ2v) is 14.4. The Morgan fingerprint density at radius 1 is 0.268 bits per heavy atom. The molecule has 3 heterocycles. The summed E-state index contributed by atoms with van der Waals surface area (Å²) in [5.41, 5.74) is 13.6. The van der Waals surface area contributed by atoms with Crippen molar-refractivity contribution in [1.29, 1.82) is 0 Å². The molecule has 0 unspecified atom stereocenters. The first-order valence-corrected chi connectivity index (χ1v) is 19.0. The monoisotopic (exact) mass is 711 g/mol. The first-order chi connectivity index (χ1) is 27.7. The summed E-state index contributed by atoms with van der Waals surface area (Å²) in [4.78, 5) is 15.7. The van der Waals surface area contributed by atoms with E-state index in [0.717, 1.165) is 77.4 Å². The quantitative estimate of drug-likeness (QED) is 0.167. The molecule has 11 rings (SSSR count). The average Bonchev–Trinajstić information content (AvgIpc) is 3.28. The van der Waals surface area contributed by atoms with Crippen LogP contribution in [0.1, 0.15) is 0 Å². The minimum atomic E-state index is 0.908. The van der Waals surface area contributed by atoms with E-state index in [4.69, 9.17) is 15.0 Å². The highest BCUT2D eigenvalue weighted by Crippen LogP contribution is 2.41. The summed E-state index contributed by atoms with van der Waals surface area (Å²) < 4.78 is 0. The van der Waals surface area contributed by atoms with Gasteiger partial charge in [-0.15, -0.1) is 0 Å². The topological polar surface area (TPSA) is 38.7 Å². The highest BCUT2D eigenvalue weighted by Gasteiger charge is 2.16. The molecule has 3 nitrogen and oxygen atoms in total. The Morgan fingerprint density at radius 2 is 0.786 bits per heavy atom. The molecule has 0 fully saturated rings. The van der Waals surface area contributed by atoms with Crippen molar-refractivity contribution in [3.8, 4) is 56.0 Å². The van der Waals surface area contributed by atoms with Crippen LogP contribution in [0, 0.1) is 0 Å². The molecule has 0 bridgehead atoms. The van der Waals surface area contributed by atoms with E-state index in [0.29, 0.717) is 0 Å². The lowest BCUT2D eigenvalue weighted by Crippen LogP contribution is -1.93. The lowest BCUT2D eigenvalue weighted by molar-refractivity contribution is 1.37. The zero-order chi connectivity index (χ0) is 37.0. The number of rotatable bonds is 5. The van der Waals surface area contributed by atoms with Gasteiger partial charge >= 0.3 is 0 Å². The minimum Gasteiger partial charge on any atom is -0.248 e. The van der Waals surface area contributed by atoms with Crippen LogP contribution in [0.4, 0.5) is 0 Å². The van der Waals surface area contributed by atoms with Crippen LogP contribution in [0.25, 0.3) is 110 Å². The van der Waals surface area contributed by atoms with Gasteiger partial charge in [0.1, 0.15) is 0 Å². The number of nitrogens with zero attached hydrogens (tertiary/aromatic N) is 3. The van der Waals surface area contributed by atoms with Gasteiger partial charge in [-0.2, -0.15) is 0 Å². The second-order valence-electron chi connectivity index (χ2n) is 14.4. The molecule has 0 atom stereocenters. The maximum atomic E-state index is 5.33. The zero-order valence-corrected chi connectivity index (χ0v) is 30.4. The van der Waals surface area contributed by atoms with Crippen molar-refractivity contribution in [3.05, 3.63) is 200 Å². The molecule has 11 aromatic rings. The van der Waals surface area contributed by atoms with Crippen molar-refractivity contribution >= 4 is 54.3 Å². The normalized spacial score (nSPS) is 11.6. The van der Waals surface area contributed by atoms with Crippen LogP contribution in [0.15, 0.2) is 200 Å². The molecule has 3 heteroatoms. The molecule has 0 saturated carbocycles. The second kappa shape index (κ2) is 13.1. The van der Waals surface area contributed by atoms with E-state index in [1.165, 1.54) is 32.8 Å². The number of hydrogen-bond acceptors (Lipinski definition) is 3. The maximum absolute atomic E-state index is 5.33. The standard InChI is InChI=1S/C53H33N3/c1-4-12-34(13-5-1)46-33-50(37-16-8-3-9-17-37)54-49-31-24-35-20-23-40(32-45(35)51(46)49)41-27-28-44(43-19-11-10-18-42(41)43)48-30-26-39-22-21-38-25-29-47(36-14-6-2-7-15-36)55-52(38)53(39)56-48/h1-33H. The Kier molecular flexibility index (Phi) is 7.49. The van der Waals surface area contributed by atoms with Gasteiger partial charge in [0, 0.05) is 32.8 Å². The number of fused-ring (bicyclic) bond motifs is 7. The van der Waals surface area contributed by atoms with Crippen LogP contribution in [0.5, 0.6) is 0 Å². The Labute approximate surface area is 324 Å². The molecular formula is C53H33N3. The molecule has 0 spiro atoms. The minimum absolute atomic E-state index is 0.908. The van der Waals surface area contributed by atoms with Crippen LogP contribution in [-0.4, -0.2) is 15.0 Å². The Bertz CT molecular complexity index is 3280. The Hall–Kier alpha value is -7.49. The van der Waals surface area contributed by atoms with Gasteiger partial charge < -0.3 is 0 Å². The fourth-order valence-electron chi connectivity index (χ4n) is 8.29. The van der Waals surface area contributed by atoms with E-state index >= 15 is 0 Å². The summed E-state index contributed by atoms with van der Waals surface area (Å²) in [5, 5.41) is 8.02. The van der Waals surface area contributed by atoms with E-state index < -0.39 is 0 Å². The predicted molar refractivity (Wildman–Crippen MR) is 235 cm³/mol. The highest BCUT2D eigenvalue weighted by molar-refractivity contribution is 6.16. The third-order valence-electron chi connectivity index (χ3n) is 11.0. The van der Waals surface area contributed by atoms with Gasteiger partial charge in [0.15, 0.2) is 0 Å². The van der Waals surface area contributed by atoms with Gasteiger partial charge in [0.2, 0.25) is 0 Å². The molecule has 260 valence electrons. The average molecular weight is 712 g/mol. The van der Waals surface area contributed by atoms with Gasteiger partial charge in [-0.05, 0) is 74.1 Å². The summed E-state index contributed by atoms with van der Waals surface area (Å²) in [5.74, 6) is 0. The summed E-state index contributed by atoms with van der Waals surface area (Å²) in [7, 11) is 0. The van der Waals surface area contributed by atoms with E-state index in [-0.39, 0.29) is 0 Å². The molecule has 8 aromatic carbocycles. The lowest BCUT2D eigenvalue weighted by Gasteiger charge is -2.15. The van der Waals surface area contributed by atoms with Gasteiger partial charge in [-0.25, -0.2) is 15.0 Å². The lowest BCUT2D eigenvalue weighted by atomic mass is 9.90. The Balaban J connectivity index is 1.08. The molecule has 3 aromatic heterocycles. The van der Waals surface area contributed by atoms with Crippen LogP contribution in [0.2, 0.25) is 0 Å². The third kappa shape index (κ3) is 5.40. The van der Waals surface area contributed by atoms with Crippen LogP contribution in [0.3, 0.4) is 0 Å². The largest absolute Gasteiger partial charge is 0.248 e. The van der Waals surface area contributed by atoms with E-state index in [9.17, 15) is 0 Å². The predicted octanol–water partition coefficient (Wildman–Crippen LogP) is 14.0. The van der Waals surface area contributed by atoms with E-state index in [1.807, 2.05) is 12.1 Å². The number of aromatic nitrogens is 3. The van der Waals surface area contributed by atoms with Crippen LogP contribution in [-0.2, 0) is 0 Å². The van der Waals surface area contributed by atoms with Gasteiger partial charge in [0.05, 0.1) is 33.6 Å². The molecule has 0 N–H and O–H groups in total. The molecule has 0 aliphatic heterocycles. The SMILES string of the molecule is c1ccc(-c2cc(-c3ccccc3)c3c(ccc4ccc(-c5ccc(-c6ccc7ccc8ccc(-c9ccccc9)nc8c7n6)c6ccccc56)cc43)n2)cc1. The van der Waals surface area contributed by atoms with Gasteiger partial charge in [-0.3, -0.25) is 0 Å². The molecule has 0 amide bonds. The molecule has 0 saturated heterocycles. The van der Waals surface area contributed by atoms with Crippen molar-refractivity contribution in [2.24, 2.45) is 0 Å². The Morgan fingerprint density at radius 3 is 1.48 bits per heavy atom. The van der Waals surface area contributed by atoms with Crippen molar-refractivity contribution in [1.82, 2.24) is 15.0 Å². The van der Waals surface area contributed by atoms with E-state index in [1.54, 1.807) is 0 Å². The summed E-state index contributed by atoms with van der Waals surface area (Å²) in [6.07, 6.45) is 0. The first kappa shape index (κ1) is 32.0. The molecule has 56 heavy (non-hydrogen) atoms.